The van der Waals surface area contributed by atoms with Crippen molar-refractivity contribution >= 4 is 0 Å². The van der Waals surface area contributed by atoms with Crippen LogP contribution in [0.5, 0.6) is 0 Å². The van der Waals surface area contributed by atoms with E-state index in [0.717, 1.165) is 16.7 Å². The lowest BCUT2D eigenvalue weighted by atomic mass is 10.1. The average molecular weight is 309 g/mol. The van der Waals surface area contributed by atoms with Crippen molar-refractivity contribution in [2.24, 2.45) is 0 Å². The SMILES string of the molecule is COCc1cccc(Cn2ccnc2C(O)c2cccnc2)c1. The van der Waals surface area contributed by atoms with E-state index in [1.807, 2.05) is 29.0 Å². The smallest absolute Gasteiger partial charge is 0.142 e. The minimum absolute atomic E-state index is 0.586. The lowest BCUT2D eigenvalue weighted by molar-refractivity contribution is 0.185. The highest BCUT2D eigenvalue weighted by atomic mass is 16.5. The molecule has 1 atom stereocenters. The zero-order valence-corrected chi connectivity index (χ0v) is 13.0. The first-order valence-electron chi connectivity index (χ1n) is 7.43. The second kappa shape index (κ2) is 7.17. The number of ether oxygens (including phenoxy) is 1. The van der Waals surface area contributed by atoms with Crippen LogP contribution in [0, 0.1) is 0 Å². The number of pyridine rings is 1. The topological polar surface area (TPSA) is 60.2 Å². The molecule has 1 unspecified atom stereocenters. The van der Waals surface area contributed by atoms with Crippen molar-refractivity contribution in [2.45, 2.75) is 19.3 Å². The molecule has 1 aromatic carbocycles. The molecule has 3 aromatic rings. The molecule has 3 rings (SSSR count). The van der Waals surface area contributed by atoms with Gasteiger partial charge in [-0.1, -0.05) is 30.3 Å². The van der Waals surface area contributed by atoms with Crippen molar-refractivity contribution in [3.05, 3.63) is 83.7 Å². The Morgan fingerprint density at radius 3 is 2.83 bits per heavy atom. The molecule has 2 heterocycles. The van der Waals surface area contributed by atoms with Gasteiger partial charge < -0.3 is 14.4 Å². The third-order valence-electron chi connectivity index (χ3n) is 3.65. The molecule has 2 aromatic heterocycles. The van der Waals surface area contributed by atoms with Gasteiger partial charge >= 0.3 is 0 Å². The first-order valence-corrected chi connectivity index (χ1v) is 7.43. The van der Waals surface area contributed by atoms with Crippen molar-refractivity contribution in [1.82, 2.24) is 14.5 Å². The summed E-state index contributed by atoms with van der Waals surface area (Å²) in [6, 6.07) is 11.9. The maximum atomic E-state index is 10.5. The van der Waals surface area contributed by atoms with E-state index in [2.05, 4.69) is 22.1 Å². The first-order chi connectivity index (χ1) is 11.3. The molecule has 0 bridgehead atoms. The molecule has 118 valence electrons. The minimum atomic E-state index is -0.791. The minimum Gasteiger partial charge on any atom is -0.380 e. The summed E-state index contributed by atoms with van der Waals surface area (Å²) in [6.45, 7) is 1.23. The van der Waals surface area contributed by atoms with Crippen LogP contribution < -0.4 is 0 Å². The Labute approximate surface area is 135 Å². The molecule has 5 nitrogen and oxygen atoms in total. The largest absolute Gasteiger partial charge is 0.380 e. The Hall–Kier alpha value is -2.50. The van der Waals surface area contributed by atoms with E-state index in [4.69, 9.17) is 4.74 Å². The van der Waals surface area contributed by atoms with Crippen LogP contribution in [-0.4, -0.2) is 26.8 Å². The number of hydrogen-bond donors (Lipinski definition) is 1. The summed E-state index contributed by atoms with van der Waals surface area (Å²) in [4.78, 5) is 8.36. The zero-order chi connectivity index (χ0) is 16.1. The summed E-state index contributed by atoms with van der Waals surface area (Å²) < 4.78 is 7.12. The van der Waals surface area contributed by atoms with Gasteiger partial charge in [0.05, 0.1) is 6.61 Å². The van der Waals surface area contributed by atoms with Gasteiger partial charge in [-0.25, -0.2) is 4.98 Å². The molecule has 5 heteroatoms. The summed E-state index contributed by atoms with van der Waals surface area (Å²) >= 11 is 0. The third kappa shape index (κ3) is 3.64. The van der Waals surface area contributed by atoms with Crippen molar-refractivity contribution in [2.75, 3.05) is 7.11 Å². The number of benzene rings is 1. The van der Waals surface area contributed by atoms with Gasteiger partial charge in [0.25, 0.3) is 0 Å². The van der Waals surface area contributed by atoms with E-state index in [-0.39, 0.29) is 0 Å². The van der Waals surface area contributed by atoms with Gasteiger partial charge in [-0.3, -0.25) is 4.98 Å². The van der Waals surface area contributed by atoms with Gasteiger partial charge in [0.1, 0.15) is 11.9 Å². The lowest BCUT2D eigenvalue weighted by Gasteiger charge is -2.14. The van der Waals surface area contributed by atoms with Crippen LogP contribution in [0.2, 0.25) is 0 Å². The van der Waals surface area contributed by atoms with Crippen LogP contribution in [0.4, 0.5) is 0 Å². The van der Waals surface area contributed by atoms with Crippen LogP contribution in [0.1, 0.15) is 28.6 Å². The summed E-state index contributed by atoms with van der Waals surface area (Å²) in [5.74, 6) is 0.607. The van der Waals surface area contributed by atoms with Crippen LogP contribution in [0.15, 0.2) is 61.2 Å². The molecule has 0 saturated heterocycles. The molecule has 0 aliphatic rings. The van der Waals surface area contributed by atoms with Crippen LogP contribution in [-0.2, 0) is 17.9 Å². The number of aliphatic hydroxyl groups is 1. The van der Waals surface area contributed by atoms with Crippen molar-refractivity contribution in [3.63, 3.8) is 0 Å². The number of imidazole rings is 1. The normalized spacial score (nSPS) is 12.3. The summed E-state index contributed by atoms with van der Waals surface area (Å²) in [5.41, 5.74) is 2.99. The van der Waals surface area contributed by atoms with Gasteiger partial charge in [-0.15, -0.1) is 0 Å². The number of aromatic nitrogens is 3. The third-order valence-corrected chi connectivity index (χ3v) is 3.65. The van der Waals surface area contributed by atoms with E-state index >= 15 is 0 Å². The fourth-order valence-electron chi connectivity index (χ4n) is 2.57. The molecule has 0 radical (unpaired) electrons. The molecule has 0 spiro atoms. The molecule has 0 amide bonds. The molecule has 1 N–H and O–H groups in total. The fourth-order valence-corrected chi connectivity index (χ4v) is 2.57. The van der Waals surface area contributed by atoms with E-state index in [1.54, 1.807) is 31.8 Å². The number of hydrogen-bond acceptors (Lipinski definition) is 4. The van der Waals surface area contributed by atoms with Gasteiger partial charge in [-0.05, 0) is 17.2 Å². The van der Waals surface area contributed by atoms with Crippen molar-refractivity contribution < 1.29 is 9.84 Å². The summed E-state index contributed by atoms with van der Waals surface area (Å²) in [7, 11) is 1.69. The fraction of sp³-hybridized carbons (Fsp3) is 0.222. The van der Waals surface area contributed by atoms with Gasteiger partial charge in [0.15, 0.2) is 0 Å². The van der Waals surface area contributed by atoms with Gasteiger partial charge in [-0.2, -0.15) is 0 Å². The summed E-state index contributed by atoms with van der Waals surface area (Å²) in [5, 5.41) is 10.5. The molecule has 0 saturated carbocycles. The highest BCUT2D eigenvalue weighted by Crippen LogP contribution is 2.20. The number of aliphatic hydroxyl groups excluding tert-OH is 1. The quantitative estimate of drug-likeness (QED) is 0.760. The highest BCUT2D eigenvalue weighted by molar-refractivity contribution is 5.25. The predicted molar refractivity (Wildman–Crippen MR) is 86.8 cm³/mol. The lowest BCUT2D eigenvalue weighted by Crippen LogP contribution is -2.11. The van der Waals surface area contributed by atoms with E-state index < -0.39 is 6.10 Å². The van der Waals surface area contributed by atoms with Crippen molar-refractivity contribution in [3.8, 4) is 0 Å². The zero-order valence-electron chi connectivity index (χ0n) is 13.0. The Bertz CT molecular complexity index is 756. The standard InChI is InChI=1S/C18H19N3O2/c1-23-13-15-5-2-4-14(10-15)12-21-9-8-20-18(21)17(22)16-6-3-7-19-11-16/h2-11,17,22H,12-13H2,1H3. The maximum Gasteiger partial charge on any atom is 0.142 e. The number of nitrogens with zero attached hydrogens (tertiary/aromatic N) is 3. The van der Waals surface area contributed by atoms with Gasteiger partial charge in [0, 0.05) is 44.0 Å². The number of methoxy groups -OCH3 is 1. The van der Waals surface area contributed by atoms with Crippen LogP contribution >= 0.6 is 0 Å². The number of rotatable bonds is 6. The molecular formula is C18H19N3O2. The second-order valence-electron chi connectivity index (χ2n) is 5.36. The van der Waals surface area contributed by atoms with Crippen LogP contribution in [0.3, 0.4) is 0 Å². The van der Waals surface area contributed by atoms with Crippen molar-refractivity contribution in [1.29, 1.82) is 0 Å². The Morgan fingerprint density at radius 2 is 2.04 bits per heavy atom. The Kier molecular flexibility index (Phi) is 4.80. The average Bonchev–Trinajstić information content (AvgIpc) is 3.04. The van der Waals surface area contributed by atoms with E-state index in [0.29, 0.717) is 19.0 Å². The summed E-state index contributed by atoms with van der Waals surface area (Å²) in [6.07, 6.45) is 6.12. The van der Waals surface area contributed by atoms with E-state index in [9.17, 15) is 5.11 Å². The van der Waals surface area contributed by atoms with Crippen LogP contribution in [0.25, 0.3) is 0 Å². The van der Waals surface area contributed by atoms with Gasteiger partial charge in [0.2, 0.25) is 0 Å². The van der Waals surface area contributed by atoms with E-state index in [1.165, 1.54) is 0 Å². The molecule has 0 fully saturated rings. The molecular weight excluding hydrogens is 290 g/mol. The second-order valence-corrected chi connectivity index (χ2v) is 5.36. The predicted octanol–water partition coefficient (Wildman–Crippen LogP) is 2.55. The molecule has 23 heavy (non-hydrogen) atoms. The monoisotopic (exact) mass is 309 g/mol. The first kappa shape index (κ1) is 15.4. The maximum absolute atomic E-state index is 10.5. The highest BCUT2D eigenvalue weighted by Gasteiger charge is 2.16. The Balaban J connectivity index is 1.83. The molecule has 0 aliphatic carbocycles. The molecule has 0 aliphatic heterocycles. The Morgan fingerprint density at radius 1 is 1.17 bits per heavy atom.